The summed E-state index contributed by atoms with van der Waals surface area (Å²) in [5, 5.41) is 18.6. The van der Waals surface area contributed by atoms with Crippen LogP contribution in [0, 0.1) is 5.92 Å². The third kappa shape index (κ3) is 2.94. The first-order chi connectivity index (χ1) is 8.18. The van der Waals surface area contributed by atoms with Crippen molar-refractivity contribution in [3.05, 3.63) is 29.8 Å². The Hall–Kier alpha value is -1.16. The van der Waals surface area contributed by atoms with Crippen molar-refractivity contribution in [2.24, 2.45) is 5.92 Å². The maximum Gasteiger partial charge on any atom is 0.311 e. The highest BCUT2D eigenvalue weighted by atomic mass is 32.2. The molecule has 92 valence electrons. The van der Waals surface area contributed by atoms with Crippen molar-refractivity contribution < 1.29 is 15.0 Å². The number of rotatable bonds is 3. The second-order valence-corrected chi connectivity index (χ2v) is 5.58. The number of benzene rings is 1. The molecule has 1 aromatic rings. The molecule has 0 saturated carbocycles. The van der Waals surface area contributed by atoms with Crippen LogP contribution in [0.4, 0.5) is 0 Å². The fourth-order valence-electron chi connectivity index (χ4n) is 2.35. The van der Waals surface area contributed by atoms with Crippen LogP contribution in [0.5, 0.6) is 5.75 Å². The Morgan fingerprint density at radius 1 is 1.24 bits per heavy atom. The summed E-state index contributed by atoms with van der Waals surface area (Å²) in [6.45, 7) is 0. The van der Waals surface area contributed by atoms with Gasteiger partial charge in [-0.05, 0) is 48.0 Å². The maximum atomic E-state index is 11.4. The molecule has 1 aliphatic rings. The van der Waals surface area contributed by atoms with E-state index in [0.29, 0.717) is 0 Å². The van der Waals surface area contributed by atoms with Crippen LogP contribution < -0.4 is 0 Å². The molecule has 0 bridgehead atoms. The van der Waals surface area contributed by atoms with Gasteiger partial charge in [0.25, 0.3) is 0 Å². The second kappa shape index (κ2) is 5.45. The van der Waals surface area contributed by atoms with E-state index in [9.17, 15) is 15.0 Å². The lowest BCUT2D eigenvalue weighted by atomic mass is 9.82. The van der Waals surface area contributed by atoms with E-state index in [-0.39, 0.29) is 11.7 Å². The van der Waals surface area contributed by atoms with Gasteiger partial charge in [0, 0.05) is 0 Å². The lowest BCUT2D eigenvalue weighted by Gasteiger charge is -2.27. The fourth-order valence-corrected chi connectivity index (χ4v) is 3.49. The highest BCUT2D eigenvalue weighted by Gasteiger charge is 2.30. The highest BCUT2D eigenvalue weighted by Crippen LogP contribution is 2.35. The predicted molar refractivity (Wildman–Crippen MR) is 68.5 cm³/mol. The minimum atomic E-state index is -0.757. The number of phenolic OH excluding ortho intramolecular Hbond substituents is 1. The first kappa shape index (κ1) is 12.3. The molecule has 3 nitrogen and oxygen atoms in total. The molecule has 1 aliphatic heterocycles. The van der Waals surface area contributed by atoms with E-state index in [0.717, 1.165) is 29.9 Å². The van der Waals surface area contributed by atoms with Crippen LogP contribution in [-0.4, -0.2) is 27.7 Å². The van der Waals surface area contributed by atoms with Gasteiger partial charge in [0.05, 0.1) is 5.92 Å². The number of carboxylic acid groups (broad SMARTS) is 1. The van der Waals surface area contributed by atoms with E-state index in [2.05, 4.69) is 0 Å². The molecule has 1 unspecified atom stereocenters. The van der Waals surface area contributed by atoms with Crippen LogP contribution in [0.3, 0.4) is 0 Å². The summed E-state index contributed by atoms with van der Waals surface area (Å²) in [4.78, 5) is 11.4. The average Bonchev–Trinajstić information content (AvgIpc) is 2.33. The molecule has 1 fully saturated rings. The van der Waals surface area contributed by atoms with E-state index >= 15 is 0 Å². The number of hydrogen-bond acceptors (Lipinski definition) is 3. The highest BCUT2D eigenvalue weighted by molar-refractivity contribution is 7.99. The van der Waals surface area contributed by atoms with Gasteiger partial charge in [-0.25, -0.2) is 0 Å². The summed E-state index contributed by atoms with van der Waals surface area (Å²) in [5.41, 5.74) is 0.798. The van der Waals surface area contributed by atoms with Gasteiger partial charge in [-0.1, -0.05) is 12.1 Å². The molecule has 1 atom stereocenters. The number of phenols is 1. The number of carbonyl (C=O) groups is 1. The number of carboxylic acids is 1. The summed E-state index contributed by atoms with van der Waals surface area (Å²) >= 11 is 1.89. The zero-order valence-electron chi connectivity index (χ0n) is 9.50. The van der Waals surface area contributed by atoms with Gasteiger partial charge in [-0.2, -0.15) is 11.8 Å². The zero-order valence-corrected chi connectivity index (χ0v) is 10.3. The molecular formula is C13H16O3S. The molecule has 17 heavy (non-hydrogen) atoms. The first-order valence-corrected chi connectivity index (χ1v) is 6.93. The number of thioether (sulfide) groups is 1. The monoisotopic (exact) mass is 252 g/mol. The normalized spacial score (nSPS) is 18.8. The average molecular weight is 252 g/mol. The van der Waals surface area contributed by atoms with E-state index < -0.39 is 11.9 Å². The Morgan fingerprint density at radius 2 is 1.82 bits per heavy atom. The van der Waals surface area contributed by atoms with Gasteiger partial charge in [-0.15, -0.1) is 0 Å². The van der Waals surface area contributed by atoms with Gasteiger partial charge in [0.2, 0.25) is 0 Å². The topological polar surface area (TPSA) is 57.5 Å². The molecular weight excluding hydrogens is 236 g/mol. The standard InChI is InChI=1S/C13H16O3S/c14-11-3-1-9(2-4-11)12(13(15)16)10-5-7-17-8-6-10/h1-4,10,12,14H,5-8H2,(H,15,16). The van der Waals surface area contributed by atoms with Gasteiger partial charge < -0.3 is 10.2 Å². The maximum absolute atomic E-state index is 11.4. The quantitative estimate of drug-likeness (QED) is 0.868. The first-order valence-electron chi connectivity index (χ1n) is 5.78. The Balaban J connectivity index is 2.21. The fraction of sp³-hybridized carbons (Fsp3) is 0.462. The molecule has 0 aromatic heterocycles. The summed E-state index contributed by atoms with van der Waals surface area (Å²) < 4.78 is 0. The molecule has 2 N–H and O–H groups in total. The van der Waals surface area contributed by atoms with E-state index in [4.69, 9.17) is 0 Å². The molecule has 0 radical (unpaired) electrons. The van der Waals surface area contributed by atoms with E-state index in [1.54, 1.807) is 24.3 Å². The second-order valence-electron chi connectivity index (χ2n) is 4.36. The third-order valence-corrected chi connectivity index (χ3v) is 4.30. The molecule has 2 rings (SSSR count). The van der Waals surface area contributed by atoms with Crippen molar-refractivity contribution >= 4 is 17.7 Å². The van der Waals surface area contributed by atoms with Crippen molar-refractivity contribution in [3.8, 4) is 5.75 Å². The third-order valence-electron chi connectivity index (χ3n) is 3.26. The minimum absolute atomic E-state index is 0.178. The molecule has 0 spiro atoms. The van der Waals surface area contributed by atoms with Gasteiger partial charge in [0.1, 0.15) is 5.75 Å². The molecule has 1 heterocycles. The molecule has 1 saturated heterocycles. The SMILES string of the molecule is O=C(O)C(c1ccc(O)cc1)C1CCSCC1. The van der Waals surface area contributed by atoms with Crippen molar-refractivity contribution in [2.75, 3.05) is 11.5 Å². The van der Waals surface area contributed by atoms with Crippen LogP contribution in [0.2, 0.25) is 0 Å². The Bertz CT molecular complexity index is 382. The summed E-state index contributed by atoms with van der Waals surface area (Å²) in [6, 6.07) is 6.55. The molecule has 0 amide bonds. The van der Waals surface area contributed by atoms with E-state index in [1.165, 1.54) is 0 Å². The lowest BCUT2D eigenvalue weighted by Crippen LogP contribution is -2.25. The number of aliphatic carboxylic acids is 1. The van der Waals surface area contributed by atoms with E-state index in [1.807, 2.05) is 11.8 Å². The number of hydrogen-bond donors (Lipinski definition) is 2. The molecule has 4 heteroatoms. The van der Waals surface area contributed by atoms with Crippen LogP contribution in [-0.2, 0) is 4.79 Å². The Labute approximate surface area is 105 Å². The minimum Gasteiger partial charge on any atom is -0.508 e. The Morgan fingerprint density at radius 3 is 2.35 bits per heavy atom. The van der Waals surface area contributed by atoms with Crippen LogP contribution in [0.25, 0.3) is 0 Å². The van der Waals surface area contributed by atoms with Crippen molar-refractivity contribution in [3.63, 3.8) is 0 Å². The smallest absolute Gasteiger partial charge is 0.311 e. The van der Waals surface area contributed by atoms with Gasteiger partial charge in [-0.3, -0.25) is 4.79 Å². The van der Waals surface area contributed by atoms with Crippen LogP contribution >= 0.6 is 11.8 Å². The lowest BCUT2D eigenvalue weighted by molar-refractivity contribution is -0.140. The summed E-state index contributed by atoms with van der Waals surface area (Å²) in [7, 11) is 0. The largest absolute Gasteiger partial charge is 0.508 e. The van der Waals surface area contributed by atoms with Crippen molar-refractivity contribution in [1.82, 2.24) is 0 Å². The van der Waals surface area contributed by atoms with Crippen LogP contribution in [0.15, 0.2) is 24.3 Å². The predicted octanol–water partition coefficient (Wildman–Crippen LogP) is 2.70. The Kier molecular flexibility index (Phi) is 3.94. The van der Waals surface area contributed by atoms with Crippen molar-refractivity contribution in [2.45, 2.75) is 18.8 Å². The van der Waals surface area contributed by atoms with Gasteiger partial charge >= 0.3 is 5.97 Å². The molecule has 1 aromatic carbocycles. The summed E-state index contributed by atoms with van der Waals surface area (Å²) in [5.74, 6) is 1.30. The van der Waals surface area contributed by atoms with Crippen LogP contribution in [0.1, 0.15) is 24.3 Å². The van der Waals surface area contributed by atoms with Crippen molar-refractivity contribution in [1.29, 1.82) is 0 Å². The molecule has 0 aliphatic carbocycles. The number of aromatic hydroxyl groups is 1. The van der Waals surface area contributed by atoms with Gasteiger partial charge in [0.15, 0.2) is 0 Å². The summed E-state index contributed by atoms with van der Waals surface area (Å²) in [6.07, 6.45) is 1.92. The zero-order chi connectivity index (χ0) is 12.3.